The molecule has 1 saturated heterocycles. The maximum Gasteiger partial charge on any atom is 0.319 e. The number of para-hydroxylation sites is 1. The molecule has 1 fully saturated rings. The summed E-state index contributed by atoms with van der Waals surface area (Å²) >= 11 is 0. The van der Waals surface area contributed by atoms with Gasteiger partial charge in [-0.25, -0.2) is 4.79 Å². The van der Waals surface area contributed by atoms with E-state index in [2.05, 4.69) is 24.1 Å². The summed E-state index contributed by atoms with van der Waals surface area (Å²) in [6.07, 6.45) is 1.95. The van der Waals surface area contributed by atoms with Gasteiger partial charge < -0.3 is 20.1 Å². The molecule has 23 heavy (non-hydrogen) atoms. The SMILES string of the molecule is C=C1NC(=O)N[C@@H](c2ccccc2OCCCC)[C@@H]1C(=O)OC. The monoisotopic (exact) mass is 318 g/mol. The standard InChI is InChI=1S/C17H22N2O4/c1-4-5-10-23-13-9-7-6-8-12(13)15-14(16(20)22-3)11(2)18-17(21)19-15/h6-9,14-15H,2,4-5,10H2,1,3H3,(H2,18,19,21)/t14-,15+/m1/s1. The molecule has 1 aliphatic rings. The molecule has 2 rings (SSSR count). The lowest BCUT2D eigenvalue weighted by Crippen LogP contribution is -2.51. The topological polar surface area (TPSA) is 76.7 Å². The first-order valence-electron chi connectivity index (χ1n) is 7.64. The third-order valence-electron chi connectivity index (χ3n) is 3.73. The van der Waals surface area contributed by atoms with E-state index in [1.807, 2.05) is 24.3 Å². The summed E-state index contributed by atoms with van der Waals surface area (Å²) in [5.41, 5.74) is 1.05. The second-order valence-corrected chi connectivity index (χ2v) is 5.34. The fourth-order valence-electron chi connectivity index (χ4n) is 2.54. The second-order valence-electron chi connectivity index (χ2n) is 5.34. The highest BCUT2D eigenvalue weighted by molar-refractivity contribution is 5.85. The van der Waals surface area contributed by atoms with Gasteiger partial charge in [0.25, 0.3) is 0 Å². The summed E-state index contributed by atoms with van der Waals surface area (Å²) in [6, 6.07) is 6.38. The number of rotatable bonds is 6. The zero-order valence-corrected chi connectivity index (χ0v) is 13.4. The van der Waals surface area contributed by atoms with Crippen LogP contribution in [0.1, 0.15) is 31.4 Å². The Hall–Kier alpha value is -2.50. The van der Waals surface area contributed by atoms with Gasteiger partial charge in [-0.2, -0.15) is 0 Å². The van der Waals surface area contributed by atoms with Crippen molar-refractivity contribution in [2.45, 2.75) is 25.8 Å². The van der Waals surface area contributed by atoms with Crippen molar-refractivity contribution in [3.63, 3.8) is 0 Å². The van der Waals surface area contributed by atoms with Crippen molar-refractivity contribution >= 4 is 12.0 Å². The number of hydrogen-bond acceptors (Lipinski definition) is 4. The summed E-state index contributed by atoms with van der Waals surface area (Å²) < 4.78 is 10.7. The molecule has 124 valence electrons. The van der Waals surface area contributed by atoms with Crippen LogP contribution in [-0.4, -0.2) is 25.7 Å². The fraction of sp³-hybridized carbons (Fsp3) is 0.412. The zero-order chi connectivity index (χ0) is 16.8. The number of methoxy groups -OCH3 is 1. The highest BCUT2D eigenvalue weighted by Gasteiger charge is 2.39. The average molecular weight is 318 g/mol. The van der Waals surface area contributed by atoms with E-state index in [4.69, 9.17) is 9.47 Å². The highest BCUT2D eigenvalue weighted by Crippen LogP contribution is 2.35. The summed E-state index contributed by atoms with van der Waals surface area (Å²) in [4.78, 5) is 23.9. The summed E-state index contributed by atoms with van der Waals surface area (Å²) in [5, 5.41) is 5.30. The van der Waals surface area contributed by atoms with Gasteiger partial charge in [-0.05, 0) is 12.5 Å². The minimum absolute atomic E-state index is 0.314. The largest absolute Gasteiger partial charge is 0.493 e. The molecule has 2 atom stereocenters. The minimum atomic E-state index is -0.714. The van der Waals surface area contributed by atoms with Gasteiger partial charge in [-0.15, -0.1) is 0 Å². The molecule has 1 aliphatic heterocycles. The quantitative estimate of drug-likeness (QED) is 0.624. The van der Waals surface area contributed by atoms with Gasteiger partial charge in [0, 0.05) is 11.3 Å². The molecule has 1 aromatic carbocycles. The molecule has 0 saturated carbocycles. The number of hydrogen-bond donors (Lipinski definition) is 2. The predicted molar refractivity (Wildman–Crippen MR) is 85.9 cm³/mol. The van der Waals surface area contributed by atoms with Gasteiger partial charge in [0.05, 0.1) is 19.8 Å². The Bertz CT molecular complexity index is 600. The number of esters is 1. The summed E-state index contributed by atoms with van der Waals surface area (Å²) in [5.74, 6) is -0.528. The number of benzene rings is 1. The predicted octanol–water partition coefficient (Wildman–Crippen LogP) is 2.52. The van der Waals surface area contributed by atoms with Gasteiger partial charge in [0.2, 0.25) is 0 Å². The van der Waals surface area contributed by atoms with Crippen molar-refractivity contribution in [1.82, 2.24) is 10.6 Å². The molecular weight excluding hydrogens is 296 g/mol. The fourth-order valence-corrected chi connectivity index (χ4v) is 2.54. The highest BCUT2D eigenvalue weighted by atomic mass is 16.5. The van der Waals surface area contributed by atoms with Crippen LogP contribution in [0.3, 0.4) is 0 Å². The van der Waals surface area contributed by atoms with Gasteiger partial charge in [-0.1, -0.05) is 38.1 Å². The van der Waals surface area contributed by atoms with E-state index in [9.17, 15) is 9.59 Å². The van der Waals surface area contributed by atoms with E-state index < -0.39 is 24.0 Å². The first kappa shape index (κ1) is 16.9. The van der Waals surface area contributed by atoms with Crippen LogP contribution in [0.4, 0.5) is 4.79 Å². The van der Waals surface area contributed by atoms with Crippen LogP contribution in [0, 0.1) is 5.92 Å². The third kappa shape index (κ3) is 3.83. The number of unbranched alkanes of at least 4 members (excludes halogenated alkanes) is 1. The summed E-state index contributed by atoms with van der Waals surface area (Å²) in [6.45, 7) is 6.44. The third-order valence-corrected chi connectivity index (χ3v) is 3.73. The van der Waals surface area contributed by atoms with E-state index in [1.54, 1.807) is 0 Å². The smallest absolute Gasteiger partial charge is 0.319 e. The molecule has 2 amide bonds. The Balaban J connectivity index is 2.34. The van der Waals surface area contributed by atoms with Crippen LogP contribution in [0.15, 0.2) is 36.5 Å². The lowest BCUT2D eigenvalue weighted by atomic mass is 9.88. The molecule has 0 bridgehead atoms. The van der Waals surface area contributed by atoms with Gasteiger partial charge >= 0.3 is 12.0 Å². The Morgan fingerprint density at radius 3 is 2.78 bits per heavy atom. The van der Waals surface area contributed by atoms with Crippen molar-refractivity contribution < 1.29 is 19.1 Å². The van der Waals surface area contributed by atoms with Gasteiger partial charge in [0.15, 0.2) is 0 Å². The van der Waals surface area contributed by atoms with E-state index in [0.717, 1.165) is 18.4 Å². The van der Waals surface area contributed by atoms with E-state index in [-0.39, 0.29) is 0 Å². The van der Waals surface area contributed by atoms with Crippen LogP contribution in [0.25, 0.3) is 0 Å². The van der Waals surface area contributed by atoms with Crippen LogP contribution in [0.5, 0.6) is 5.75 Å². The van der Waals surface area contributed by atoms with E-state index in [1.165, 1.54) is 7.11 Å². The minimum Gasteiger partial charge on any atom is -0.493 e. The van der Waals surface area contributed by atoms with Crippen LogP contribution in [-0.2, 0) is 9.53 Å². The molecule has 1 aromatic rings. The molecule has 1 heterocycles. The maximum atomic E-state index is 12.1. The number of carbonyl (C=O) groups excluding carboxylic acids is 2. The Morgan fingerprint density at radius 2 is 2.09 bits per heavy atom. The Kier molecular flexibility index (Phi) is 5.62. The normalized spacial score (nSPS) is 20.4. The molecule has 0 radical (unpaired) electrons. The first-order chi connectivity index (χ1) is 11.1. The molecule has 0 unspecified atom stereocenters. The van der Waals surface area contributed by atoms with Gasteiger partial charge in [-0.3, -0.25) is 4.79 Å². The molecule has 0 spiro atoms. The van der Waals surface area contributed by atoms with Crippen LogP contribution >= 0.6 is 0 Å². The molecule has 0 aliphatic carbocycles. The van der Waals surface area contributed by atoms with Gasteiger partial charge in [0.1, 0.15) is 11.7 Å². The van der Waals surface area contributed by atoms with Crippen LogP contribution < -0.4 is 15.4 Å². The van der Waals surface area contributed by atoms with Crippen molar-refractivity contribution in [1.29, 1.82) is 0 Å². The molecular formula is C17H22N2O4. The Morgan fingerprint density at radius 1 is 1.35 bits per heavy atom. The average Bonchev–Trinajstić information content (AvgIpc) is 2.54. The summed E-state index contributed by atoms with van der Waals surface area (Å²) in [7, 11) is 1.31. The number of nitrogens with one attached hydrogen (secondary N) is 2. The van der Waals surface area contributed by atoms with Crippen LogP contribution in [0.2, 0.25) is 0 Å². The number of urea groups is 1. The zero-order valence-electron chi connectivity index (χ0n) is 13.4. The van der Waals surface area contributed by atoms with E-state index >= 15 is 0 Å². The second kappa shape index (κ2) is 7.67. The lowest BCUT2D eigenvalue weighted by molar-refractivity contribution is -0.145. The van der Waals surface area contributed by atoms with E-state index in [0.29, 0.717) is 18.1 Å². The van der Waals surface area contributed by atoms with Crippen molar-refractivity contribution in [2.75, 3.05) is 13.7 Å². The Labute approximate surface area is 135 Å². The molecule has 6 heteroatoms. The first-order valence-corrected chi connectivity index (χ1v) is 7.64. The van der Waals surface area contributed by atoms with Crippen molar-refractivity contribution in [2.24, 2.45) is 5.92 Å². The molecule has 0 aromatic heterocycles. The van der Waals surface area contributed by atoms with Crippen molar-refractivity contribution in [3.8, 4) is 5.75 Å². The number of amides is 2. The van der Waals surface area contributed by atoms with Crippen molar-refractivity contribution in [3.05, 3.63) is 42.1 Å². The molecule has 2 N–H and O–H groups in total. The number of carbonyl (C=O) groups is 2. The molecule has 6 nitrogen and oxygen atoms in total. The maximum absolute atomic E-state index is 12.1. The lowest BCUT2D eigenvalue weighted by Gasteiger charge is -2.33. The number of ether oxygens (including phenoxy) is 2.